The zero-order valence-corrected chi connectivity index (χ0v) is 16.0. The molecule has 1 unspecified atom stereocenters. The van der Waals surface area contributed by atoms with Crippen LogP contribution in [0.15, 0.2) is 59.1 Å². The van der Waals surface area contributed by atoms with E-state index in [1.165, 1.54) is 11.3 Å². The molecule has 4 heteroatoms. The largest absolute Gasteiger partial charge is 0.344 e. The van der Waals surface area contributed by atoms with Crippen molar-refractivity contribution in [3.63, 3.8) is 0 Å². The molecule has 1 fully saturated rings. The van der Waals surface area contributed by atoms with Crippen LogP contribution in [0.4, 0.5) is 5.69 Å². The van der Waals surface area contributed by atoms with Gasteiger partial charge in [-0.05, 0) is 29.3 Å². The predicted octanol–water partition coefficient (Wildman–Crippen LogP) is 4.48. The highest BCUT2D eigenvalue weighted by Crippen LogP contribution is 2.52. The van der Waals surface area contributed by atoms with E-state index in [1.54, 1.807) is 0 Å². The molecule has 2 aliphatic rings. The minimum atomic E-state index is -0.554. The van der Waals surface area contributed by atoms with Crippen LogP contribution >= 0.6 is 15.9 Å². The van der Waals surface area contributed by atoms with E-state index in [9.17, 15) is 4.79 Å². The lowest BCUT2D eigenvalue weighted by Gasteiger charge is -2.49. The molecule has 4 rings (SSSR count). The summed E-state index contributed by atoms with van der Waals surface area (Å²) in [5.41, 5.74) is 2.79. The quantitative estimate of drug-likeness (QED) is 0.811. The monoisotopic (exact) mass is 396 g/mol. The molecule has 2 aromatic carbocycles. The molecule has 0 aliphatic carbocycles. The maximum absolute atomic E-state index is 12.3. The van der Waals surface area contributed by atoms with E-state index in [1.807, 2.05) is 18.2 Å². The van der Waals surface area contributed by atoms with Gasteiger partial charge in [0.25, 0.3) is 0 Å². The zero-order chi connectivity index (χ0) is 17.7. The SMILES string of the molecule is CC1(C)c2ccccc2N2CCC(=O)NC21/C=C/c1ccccc1Br. The Morgan fingerprint density at radius 1 is 1.12 bits per heavy atom. The molecular weight excluding hydrogens is 376 g/mol. The van der Waals surface area contributed by atoms with Crippen molar-refractivity contribution >= 4 is 33.6 Å². The summed E-state index contributed by atoms with van der Waals surface area (Å²) in [5.74, 6) is 0.105. The second-order valence-corrected chi connectivity index (χ2v) is 8.07. The Morgan fingerprint density at radius 3 is 2.64 bits per heavy atom. The standard InChI is InChI=1S/C21H21BrN2O/c1-20(2)16-8-4-6-10-18(16)24-14-12-19(25)23-21(20,24)13-11-15-7-3-5-9-17(15)22/h3-11,13H,12,14H2,1-2H3,(H,23,25)/b13-11+. The minimum absolute atomic E-state index is 0.105. The molecule has 0 radical (unpaired) electrons. The van der Waals surface area contributed by atoms with Gasteiger partial charge in [0.2, 0.25) is 5.91 Å². The van der Waals surface area contributed by atoms with Crippen molar-refractivity contribution in [2.24, 2.45) is 0 Å². The summed E-state index contributed by atoms with van der Waals surface area (Å²) < 4.78 is 1.05. The summed E-state index contributed by atoms with van der Waals surface area (Å²) in [4.78, 5) is 14.7. The lowest BCUT2D eigenvalue weighted by atomic mass is 9.74. The Bertz CT molecular complexity index is 874. The number of hydrogen-bond acceptors (Lipinski definition) is 2. The molecule has 25 heavy (non-hydrogen) atoms. The van der Waals surface area contributed by atoms with Gasteiger partial charge in [-0.1, -0.05) is 72.3 Å². The molecule has 3 nitrogen and oxygen atoms in total. The van der Waals surface area contributed by atoms with Gasteiger partial charge < -0.3 is 10.2 Å². The van der Waals surface area contributed by atoms with E-state index in [-0.39, 0.29) is 11.3 Å². The fourth-order valence-electron chi connectivity index (χ4n) is 4.14. The molecule has 0 bridgehead atoms. The fourth-order valence-corrected chi connectivity index (χ4v) is 4.56. The van der Waals surface area contributed by atoms with Crippen LogP contribution in [-0.2, 0) is 10.2 Å². The van der Waals surface area contributed by atoms with Crippen molar-refractivity contribution in [3.8, 4) is 0 Å². The number of anilines is 1. The molecule has 1 amide bonds. The molecular formula is C21H21BrN2O. The van der Waals surface area contributed by atoms with Gasteiger partial charge in [-0.3, -0.25) is 4.79 Å². The Kier molecular flexibility index (Phi) is 3.76. The number of hydrogen-bond donors (Lipinski definition) is 1. The van der Waals surface area contributed by atoms with E-state index in [4.69, 9.17) is 0 Å². The van der Waals surface area contributed by atoms with E-state index in [2.05, 4.69) is 82.5 Å². The molecule has 1 atom stereocenters. The van der Waals surface area contributed by atoms with Crippen LogP contribution in [0, 0.1) is 0 Å². The van der Waals surface area contributed by atoms with Crippen LogP contribution in [0.1, 0.15) is 31.4 Å². The predicted molar refractivity (Wildman–Crippen MR) is 105 cm³/mol. The normalized spacial score (nSPS) is 24.1. The van der Waals surface area contributed by atoms with Crippen molar-refractivity contribution in [3.05, 3.63) is 70.2 Å². The van der Waals surface area contributed by atoms with Gasteiger partial charge in [-0.15, -0.1) is 0 Å². The molecule has 0 spiro atoms. The molecule has 2 heterocycles. The third-order valence-corrected chi connectivity index (χ3v) is 6.27. The van der Waals surface area contributed by atoms with Crippen LogP contribution in [0.2, 0.25) is 0 Å². The first-order valence-corrected chi connectivity index (χ1v) is 9.37. The van der Waals surface area contributed by atoms with E-state index in [0.717, 1.165) is 16.6 Å². The summed E-state index contributed by atoms with van der Waals surface area (Å²) in [6, 6.07) is 16.6. The molecule has 1 N–H and O–H groups in total. The van der Waals surface area contributed by atoms with Gasteiger partial charge >= 0.3 is 0 Å². The number of fused-ring (bicyclic) bond motifs is 3. The first-order chi connectivity index (χ1) is 12.0. The van der Waals surface area contributed by atoms with E-state index in [0.29, 0.717) is 6.42 Å². The average Bonchev–Trinajstić information content (AvgIpc) is 2.79. The number of para-hydroxylation sites is 1. The highest BCUT2D eigenvalue weighted by molar-refractivity contribution is 9.10. The smallest absolute Gasteiger partial charge is 0.223 e. The maximum Gasteiger partial charge on any atom is 0.223 e. The number of amides is 1. The van der Waals surface area contributed by atoms with Crippen molar-refractivity contribution in [1.82, 2.24) is 5.32 Å². The Hall–Kier alpha value is -2.07. The number of nitrogens with one attached hydrogen (secondary N) is 1. The number of nitrogens with zero attached hydrogens (tertiary/aromatic N) is 1. The van der Waals surface area contributed by atoms with Gasteiger partial charge in [-0.2, -0.15) is 0 Å². The van der Waals surface area contributed by atoms with Crippen LogP contribution in [0.25, 0.3) is 6.08 Å². The second-order valence-electron chi connectivity index (χ2n) is 7.21. The number of carbonyl (C=O) groups excluding carboxylic acids is 1. The van der Waals surface area contributed by atoms with E-state index >= 15 is 0 Å². The lowest BCUT2D eigenvalue weighted by Crippen LogP contribution is -2.68. The van der Waals surface area contributed by atoms with Crippen molar-refractivity contribution < 1.29 is 4.79 Å². The summed E-state index contributed by atoms with van der Waals surface area (Å²) in [6.07, 6.45) is 4.79. The summed E-state index contributed by atoms with van der Waals surface area (Å²) >= 11 is 3.61. The molecule has 2 aromatic rings. The van der Waals surface area contributed by atoms with Crippen LogP contribution in [-0.4, -0.2) is 18.1 Å². The highest BCUT2D eigenvalue weighted by atomic mass is 79.9. The second kappa shape index (κ2) is 5.73. The first-order valence-electron chi connectivity index (χ1n) is 8.58. The summed E-state index contributed by atoms with van der Waals surface area (Å²) in [7, 11) is 0. The van der Waals surface area contributed by atoms with Crippen LogP contribution < -0.4 is 10.2 Å². The van der Waals surface area contributed by atoms with Crippen molar-refractivity contribution in [2.75, 3.05) is 11.4 Å². The number of rotatable bonds is 2. The van der Waals surface area contributed by atoms with Gasteiger partial charge in [0.15, 0.2) is 0 Å². The van der Waals surface area contributed by atoms with Gasteiger partial charge in [0.1, 0.15) is 5.66 Å². The van der Waals surface area contributed by atoms with Gasteiger partial charge in [0, 0.05) is 28.5 Å². The Labute approximate surface area is 156 Å². The van der Waals surface area contributed by atoms with Crippen molar-refractivity contribution in [2.45, 2.75) is 31.3 Å². The third-order valence-electron chi connectivity index (χ3n) is 5.55. The topological polar surface area (TPSA) is 32.3 Å². The molecule has 128 valence electrons. The average molecular weight is 397 g/mol. The van der Waals surface area contributed by atoms with Gasteiger partial charge in [-0.25, -0.2) is 0 Å². The number of carbonyl (C=O) groups is 1. The van der Waals surface area contributed by atoms with Crippen molar-refractivity contribution in [1.29, 1.82) is 0 Å². The molecule has 2 aliphatic heterocycles. The first kappa shape index (κ1) is 16.4. The highest BCUT2D eigenvalue weighted by Gasteiger charge is 2.57. The molecule has 1 saturated heterocycles. The summed E-state index contributed by atoms with van der Waals surface area (Å²) in [5, 5.41) is 3.30. The minimum Gasteiger partial charge on any atom is -0.344 e. The lowest BCUT2D eigenvalue weighted by molar-refractivity contribution is -0.124. The maximum atomic E-state index is 12.3. The number of halogens is 1. The van der Waals surface area contributed by atoms with Gasteiger partial charge in [0.05, 0.1) is 0 Å². The van der Waals surface area contributed by atoms with Crippen LogP contribution in [0.5, 0.6) is 0 Å². The third kappa shape index (κ3) is 2.35. The molecule has 0 saturated carbocycles. The molecule has 0 aromatic heterocycles. The number of benzene rings is 2. The zero-order valence-electron chi connectivity index (χ0n) is 14.4. The summed E-state index contributed by atoms with van der Waals surface area (Å²) in [6.45, 7) is 5.15. The Balaban J connectivity index is 1.86. The van der Waals surface area contributed by atoms with E-state index < -0.39 is 5.66 Å². The Morgan fingerprint density at radius 2 is 1.84 bits per heavy atom. The van der Waals surface area contributed by atoms with Crippen LogP contribution in [0.3, 0.4) is 0 Å². The fraction of sp³-hybridized carbons (Fsp3) is 0.286.